The molecule has 0 spiro atoms. The average molecular weight is 286 g/mol. The molecule has 2 rings (SSSR count). The summed E-state index contributed by atoms with van der Waals surface area (Å²) in [6.45, 7) is 4.73. The van der Waals surface area contributed by atoms with Crippen LogP contribution in [0.5, 0.6) is 5.75 Å². The lowest BCUT2D eigenvalue weighted by Gasteiger charge is -2.16. The highest BCUT2D eigenvalue weighted by molar-refractivity contribution is 5.89. The molecule has 0 unspecified atom stereocenters. The molecule has 2 aromatic carbocycles. The maximum absolute atomic E-state index is 9.96. The highest BCUT2D eigenvalue weighted by Crippen LogP contribution is 2.33. The lowest BCUT2D eigenvalue weighted by atomic mass is 10.0. The molecule has 0 bridgehead atoms. The summed E-state index contributed by atoms with van der Waals surface area (Å²) in [5.74, 6) is 0.846. The zero-order valence-corrected chi connectivity index (χ0v) is 13.1. The van der Waals surface area contributed by atoms with E-state index in [9.17, 15) is 5.11 Å². The van der Waals surface area contributed by atoms with Crippen molar-refractivity contribution in [1.29, 1.82) is 0 Å². The predicted molar refractivity (Wildman–Crippen MR) is 88.8 cm³/mol. The third kappa shape index (κ3) is 4.21. The molecule has 2 aromatic rings. The molecule has 1 atom stereocenters. The molecule has 0 aromatic heterocycles. The van der Waals surface area contributed by atoms with Gasteiger partial charge in [-0.05, 0) is 18.7 Å². The fourth-order valence-corrected chi connectivity index (χ4v) is 2.63. The molecule has 21 heavy (non-hydrogen) atoms. The number of ether oxygens (including phenoxy) is 1. The lowest BCUT2D eigenvalue weighted by Crippen LogP contribution is -2.03. The van der Waals surface area contributed by atoms with Gasteiger partial charge in [0, 0.05) is 10.9 Å². The monoisotopic (exact) mass is 286 g/mol. The second kappa shape index (κ2) is 8.04. The van der Waals surface area contributed by atoms with Gasteiger partial charge < -0.3 is 9.84 Å². The quantitative estimate of drug-likeness (QED) is 0.672. The number of hydrogen-bond acceptors (Lipinski definition) is 2. The van der Waals surface area contributed by atoms with Gasteiger partial charge in [-0.25, -0.2) is 0 Å². The number of fused-ring (bicyclic) bond motifs is 1. The Labute approximate surface area is 127 Å². The zero-order valence-electron chi connectivity index (χ0n) is 13.1. The Kier molecular flexibility index (Phi) is 6.06. The van der Waals surface area contributed by atoms with Crippen molar-refractivity contribution in [2.75, 3.05) is 6.61 Å². The topological polar surface area (TPSA) is 29.5 Å². The number of benzene rings is 2. The molecule has 0 saturated carbocycles. The molecule has 0 saturated heterocycles. The van der Waals surface area contributed by atoms with Gasteiger partial charge in [0.2, 0.25) is 0 Å². The zero-order chi connectivity index (χ0) is 15.1. The van der Waals surface area contributed by atoms with Gasteiger partial charge in [0.25, 0.3) is 0 Å². The van der Waals surface area contributed by atoms with Crippen LogP contribution in [-0.2, 0) is 0 Å². The summed E-state index contributed by atoms with van der Waals surface area (Å²) in [4.78, 5) is 0. The van der Waals surface area contributed by atoms with Gasteiger partial charge in [-0.15, -0.1) is 0 Å². The summed E-state index contributed by atoms with van der Waals surface area (Å²) in [5.41, 5.74) is 0.877. The Morgan fingerprint density at radius 2 is 1.76 bits per heavy atom. The minimum atomic E-state index is -0.510. The van der Waals surface area contributed by atoms with E-state index in [1.54, 1.807) is 6.92 Å². The van der Waals surface area contributed by atoms with Gasteiger partial charge in [-0.3, -0.25) is 0 Å². The first-order chi connectivity index (χ1) is 10.2. The first-order valence-electron chi connectivity index (χ1n) is 8.06. The number of aliphatic hydroxyl groups is 1. The molecule has 0 aliphatic heterocycles. The van der Waals surface area contributed by atoms with Crippen molar-refractivity contribution in [3.8, 4) is 5.75 Å². The second-order valence-corrected chi connectivity index (χ2v) is 5.64. The molecule has 114 valence electrons. The molecule has 2 heteroatoms. The van der Waals surface area contributed by atoms with Crippen molar-refractivity contribution >= 4 is 10.8 Å². The minimum absolute atomic E-state index is 0.510. The molecule has 0 radical (unpaired) electrons. The molecular formula is C19H26O2. The SMILES string of the molecule is CCCCCCCOc1c([C@H](C)O)ccc2ccccc12. The molecule has 2 nitrogen and oxygen atoms in total. The molecule has 0 amide bonds. The first kappa shape index (κ1) is 15.8. The molecule has 0 heterocycles. The predicted octanol–water partition coefficient (Wildman–Crippen LogP) is 5.24. The van der Waals surface area contributed by atoms with Crippen LogP contribution in [0.25, 0.3) is 10.8 Å². The van der Waals surface area contributed by atoms with Gasteiger partial charge in [-0.1, -0.05) is 69.0 Å². The van der Waals surface area contributed by atoms with E-state index in [2.05, 4.69) is 19.1 Å². The van der Waals surface area contributed by atoms with Gasteiger partial charge in [0.05, 0.1) is 12.7 Å². The summed E-state index contributed by atoms with van der Waals surface area (Å²) < 4.78 is 6.03. The Morgan fingerprint density at radius 3 is 2.52 bits per heavy atom. The van der Waals surface area contributed by atoms with E-state index >= 15 is 0 Å². The van der Waals surface area contributed by atoms with E-state index in [0.717, 1.165) is 35.1 Å². The Hall–Kier alpha value is -1.54. The number of hydrogen-bond donors (Lipinski definition) is 1. The molecule has 0 fully saturated rings. The Balaban J connectivity index is 2.10. The highest BCUT2D eigenvalue weighted by atomic mass is 16.5. The summed E-state index contributed by atoms with van der Waals surface area (Å²) in [7, 11) is 0. The highest BCUT2D eigenvalue weighted by Gasteiger charge is 2.12. The second-order valence-electron chi connectivity index (χ2n) is 5.64. The lowest BCUT2D eigenvalue weighted by molar-refractivity contribution is 0.191. The Morgan fingerprint density at radius 1 is 1.00 bits per heavy atom. The summed E-state index contributed by atoms with van der Waals surface area (Å²) in [6, 6.07) is 12.2. The van der Waals surface area contributed by atoms with E-state index in [-0.39, 0.29) is 0 Å². The van der Waals surface area contributed by atoms with Crippen LogP contribution >= 0.6 is 0 Å². The van der Waals surface area contributed by atoms with E-state index in [1.165, 1.54) is 25.7 Å². The minimum Gasteiger partial charge on any atom is -0.493 e. The number of aliphatic hydroxyl groups excluding tert-OH is 1. The van der Waals surface area contributed by atoms with Gasteiger partial charge in [0.15, 0.2) is 0 Å². The largest absolute Gasteiger partial charge is 0.493 e. The van der Waals surface area contributed by atoms with E-state index in [0.29, 0.717) is 0 Å². The first-order valence-corrected chi connectivity index (χ1v) is 8.06. The molecule has 0 aliphatic rings. The normalized spacial score (nSPS) is 12.5. The van der Waals surface area contributed by atoms with Crippen molar-refractivity contribution in [3.05, 3.63) is 42.0 Å². The third-order valence-electron chi connectivity index (χ3n) is 3.85. The molecule has 1 N–H and O–H groups in total. The van der Waals surface area contributed by atoms with Crippen LogP contribution in [0.15, 0.2) is 36.4 Å². The smallest absolute Gasteiger partial charge is 0.132 e. The van der Waals surface area contributed by atoms with Crippen LogP contribution in [0, 0.1) is 0 Å². The van der Waals surface area contributed by atoms with Gasteiger partial charge in [0.1, 0.15) is 5.75 Å². The van der Waals surface area contributed by atoms with Crippen molar-refractivity contribution in [1.82, 2.24) is 0 Å². The fourth-order valence-electron chi connectivity index (χ4n) is 2.63. The van der Waals surface area contributed by atoms with Crippen LogP contribution in [0.1, 0.15) is 57.6 Å². The maximum Gasteiger partial charge on any atom is 0.132 e. The standard InChI is InChI=1S/C19H26O2/c1-3-4-5-6-9-14-21-19-17(15(2)20)13-12-16-10-7-8-11-18(16)19/h7-8,10-13,15,20H,3-6,9,14H2,1-2H3/t15-/m0/s1. The fraction of sp³-hybridized carbons (Fsp3) is 0.474. The van der Waals surface area contributed by atoms with Crippen molar-refractivity contribution in [3.63, 3.8) is 0 Å². The van der Waals surface area contributed by atoms with Crippen molar-refractivity contribution in [2.24, 2.45) is 0 Å². The van der Waals surface area contributed by atoms with E-state index in [4.69, 9.17) is 4.74 Å². The summed E-state index contributed by atoms with van der Waals surface area (Å²) in [5, 5.41) is 12.2. The summed E-state index contributed by atoms with van der Waals surface area (Å²) in [6.07, 6.45) is 5.61. The third-order valence-corrected chi connectivity index (χ3v) is 3.85. The average Bonchev–Trinajstić information content (AvgIpc) is 2.50. The number of unbranched alkanes of at least 4 members (excludes halogenated alkanes) is 4. The van der Waals surface area contributed by atoms with Crippen LogP contribution in [0.4, 0.5) is 0 Å². The van der Waals surface area contributed by atoms with Crippen LogP contribution < -0.4 is 4.74 Å². The molecular weight excluding hydrogens is 260 g/mol. The van der Waals surface area contributed by atoms with Crippen LogP contribution in [0.2, 0.25) is 0 Å². The molecule has 0 aliphatic carbocycles. The van der Waals surface area contributed by atoms with Crippen molar-refractivity contribution in [2.45, 2.75) is 52.1 Å². The van der Waals surface area contributed by atoms with E-state index in [1.807, 2.05) is 24.3 Å². The van der Waals surface area contributed by atoms with Crippen LogP contribution in [0.3, 0.4) is 0 Å². The Bertz CT molecular complexity index is 560. The van der Waals surface area contributed by atoms with Gasteiger partial charge >= 0.3 is 0 Å². The van der Waals surface area contributed by atoms with E-state index < -0.39 is 6.10 Å². The number of rotatable bonds is 8. The maximum atomic E-state index is 9.96. The van der Waals surface area contributed by atoms with Crippen molar-refractivity contribution < 1.29 is 9.84 Å². The van der Waals surface area contributed by atoms with Gasteiger partial charge in [-0.2, -0.15) is 0 Å². The summed E-state index contributed by atoms with van der Waals surface area (Å²) >= 11 is 0. The van der Waals surface area contributed by atoms with Crippen LogP contribution in [-0.4, -0.2) is 11.7 Å².